The summed E-state index contributed by atoms with van der Waals surface area (Å²) in [7, 11) is 0. The SMILES string of the molecule is c1ccc(-c2cc(N(c3ccccc3)c3ccccc3)cc(-n3c4ccccc4c4c5cccc6c5c(cc43)-c3ccncc3-c3ccccc3-6)c2)cc1. The van der Waals surface area contributed by atoms with E-state index in [2.05, 4.69) is 203 Å². The van der Waals surface area contributed by atoms with Crippen LogP contribution in [0.3, 0.4) is 0 Å². The van der Waals surface area contributed by atoms with Gasteiger partial charge in [0.2, 0.25) is 0 Å². The Bertz CT molecular complexity index is 3000. The lowest BCUT2D eigenvalue weighted by Gasteiger charge is -2.27. The molecule has 0 saturated carbocycles. The van der Waals surface area contributed by atoms with Gasteiger partial charge in [-0.05, 0) is 110 Å². The van der Waals surface area contributed by atoms with Gasteiger partial charge in [-0.15, -0.1) is 0 Å². The summed E-state index contributed by atoms with van der Waals surface area (Å²) in [5.41, 5.74) is 16.3. The van der Waals surface area contributed by atoms with Gasteiger partial charge < -0.3 is 9.47 Å². The van der Waals surface area contributed by atoms with E-state index in [1.54, 1.807) is 0 Å². The summed E-state index contributed by atoms with van der Waals surface area (Å²) in [4.78, 5) is 6.99. The van der Waals surface area contributed by atoms with E-state index in [1.165, 1.54) is 66.0 Å². The highest BCUT2D eigenvalue weighted by molar-refractivity contribution is 6.28. The zero-order valence-electron chi connectivity index (χ0n) is 29.4. The Morgan fingerprint density at radius 2 is 0.981 bits per heavy atom. The monoisotopic (exact) mass is 687 g/mol. The molecule has 0 aliphatic heterocycles. The molecule has 3 nitrogen and oxygen atoms in total. The van der Waals surface area contributed by atoms with Crippen molar-refractivity contribution >= 4 is 49.6 Å². The highest BCUT2D eigenvalue weighted by atomic mass is 15.1. The molecule has 11 rings (SSSR count). The molecule has 252 valence electrons. The minimum atomic E-state index is 1.09. The van der Waals surface area contributed by atoms with Crippen molar-refractivity contribution in [3.8, 4) is 50.2 Å². The second-order valence-corrected chi connectivity index (χ2v) is 14.0. The van der Waals surface area contributed by atoms with Crippen molar-refractivity contribution in [2.45, 2.75) is 0 Å². The first-order valence-electron chi connectivity index (χ1n) is 18.5. The summed E-state index contributed by atoms with van der Waals surface area (Å²) in [6.45, 7) is 0. The van der Waals surface area contributed by atoms with Gasteiger partial charge in [0.1, 0.15) is 0 Å². The van der Waals surface area contributed by atoms with E-state index in [0.29, 0.717) is 0 Å². The standard InChI is InChI=1S/C51H33N3/c1-4-15-34(16-5-1)35-29-38(53(36-17-6-2-7-18-36)37-19-8-3-9-20-37)31-39(30-35)54-48-26-13-12-23-44(48)51-45-25-14-24-43-40-21-10-11-22-41(40)47-33-52-28-27-42(47)46(50(43)45)32-49(51)54/h1-33H. The third-order valence-corrected chi connectivity index (χ3v) is 11.0. The van der Waals surface area contributed by atoms with E-state index in [9.17, 15) is 0 Å². The van der Waals surface area contributed by atoms with E-state index in [0.717, 1.165) is 33.9 Å². The molecule has 0 saturated heterocycles. The van der Waals surface area contributed by atoms with Crippen LogP contribution in [-0.4, -0.2) is 9.55 Å². The molecule has 0 spiro atoms. The topological polar surface area (TPSA) is 21.1 Å². The Labute approximate surface area is 313 Å². The van der Waals surface area contributed by atoms with Gasteiger partial charge in [0.15, 0.2) is 0 Å². The van der Waals surface area contributed by atoms with E-state index < -0.39 is 0 Å². The Morgan fingerprint density at radius 3 is 1.74 bits per heavy atom. The summed E-state index contributed by atoms with van der Waals surface area (Å²) in [6.07, 6.45) is 3.96. The number of para-hydroxylation sites is 3. The number of hydrogen-bond donors (Lipinski definition) is 0. The van der Waals surface area contributed by atoms with Crippen LogP contribution in [0.4, 0.5) is 17.1 Å². The molecular weight excluding hydrogens is 655 g/mol. The van der Waals surface area contributed by atoms with Crippen molar-refractivity contribution in [1.29, 1.82) is 0 Å². The molecule has 0 unspecified atom stereocenters. The van der Waals surface area contributed by atoms with Crippen LogP contribution in [0.1, 0.15) is 0 Å². The number of fused-ring (bicyclic) bond motifs is 9. The lowest BCUT2D eigenvalue weighted by atomic mass is 9.91. The summed E-state index contributed by atoms with van der Waals surface area (Å²) in [5, 5.41) is 5.03. The number of rotatable bonds is 5. The van der Waals surface area contributed by atoms with E-state index in [-0.39, 0.29) is 0 Å². The largest absolute Gasteiger partial charge is 0.310 e. The smallest absolute Gasteiger partial charge is 0.0553 e. The van der Waals surface area contributed by atoms with Crippen molar-refractivity contribution in [3.63, 3.8) is 0 Å². The minimum Gasteiger partial charge on any atom is -0.310 e. The highest BCUT2D eigenvalue weighted by Gasteiger charge is 2.26. The maximum absolute atomic E-state index is 4.63. The van der Waals surface area contributed by atoms with Gasteiger partial charge in [0.05, 0.1) is 11.0 Å². The molecule has 0 fully saturated rings. The molecule has 54 heavy (non-hydrogen) atoms. The quantitative estimate of drug-likeness (QED) is 0.180. The molecule has 3 heteroatoms. The number of nitrogens with zero attached hydrogens (tertiary/aromatic N) is 3. The number of anilines is 3. The molecule has 0 bridgehead atoms. The number of aromatic nitrogens is 2. The van der Waals surface area contributed by atoms with Crippen LogP contribution in [0.15, 0.2) is 200 Å². The molecule has 0 amide bonds. The number of pyridine rings is 1. The lowest BCUT2D eigenvalue weighted by Crippen LogP contribution is -2.10. The molecule has 0 atom stereocenters. The average Bonchev–Trinajstić information content (AvgIpc) is 3.53. The number of hydrogen-bond acceptors (Lipinski definition) is 2. The molecule has 1 aliphatic carbocycles. The molecule has 2 aromatic heterocycles. The molecule has 10 aromatic rings. The van der Waals surface area contributed by atoms with E-state index in [1.807, 2.05) is 12.4 Å². The third kappa shape index (κ3) is 4.65. The summed E-state index contributed by atoms with van der Waals surface area (Å²) in [5.74, 6) is 0. The van der Waals surface area contributed by atoms with Crippen LogP contribution in [-0.2, 0) is 0 Å². The fourth-order valence-electron chi connectivity index (χ4n) is 8.70. The maximum atomic E-state index is 4.63. The van der Waals surface area contributed by atoms with Crippen molar-refractivity contribution < 1.29 is 0 Å². The van der Waals surface area contributed by atoms with Gasteiger partial charge >= 0.3 is 0 Å². The first-order chi connectivity index (χ1) is 26.8. The molecule has 1 aliphatic rings. The summed E-state index contributed by atoms with van der Waals surface area (Å²) >= 11 is 0. The fraction of sp³-hybridized carbons (Fsp3) is 0. The van der Waals surface area contributed by atoms with Gasteiger partial charge in [-0.2, -0.15) is 0 Å². The predicted molar refractivity (Wildman–Crippen MR) is 226 cm³/mol. The summed E-state index contributed by atoms with van der Waals surface area (Å²) in [6, 6.07) is 68.2. The molecule has 2 heterocycles. The Kier molecular flexibility index (Phi) is 6.86. The summed E-state index contributed by atoms with van der Waals surface area (Å²) < 4.78 is 2.48. The maximum Gasteiger partial charge on any atom is 0.0553 e. The third-order valence-electron chi connectivity index (χ3n) is 11.0. The first kappa shape index (κ1) is 30.4. The van der Waals surface area contributed by atoms with Crippen molar-refractivity contribution in [3.05, 3.63) is 200 Å². The van der Waals surface area contributed by atoms with Crippen LogP contribution in [0.5, 0.6) is 0 Å². The highest BCUT2D eigenvalue weighted by Crippen LogP contribution is 2.51. The fourth-order valence-corrected chi connectivity index (χ4v) is 8.70. The zero-order chi connectivity index (χ0) is 35.6. The minimum absolute atomic E-state index is 1.09. The molecule has 8 aromatic carbocycles. The van der Waals surface area contributed by atoms with Crippen molar-refractivity contribution in [2.24, 2.45) is 0 Å². The normalized spacial score (nSPS) is 11.7. The van der Waals surface area contributed by atoms with E-state index >= 15 is 0 Å². The van der Waals surface area contributed by atoms with Crippen LogP contribution >= 0.6 is 0 Å². The molecule has 0 N–H and O–H groups in total. The number of benzene rings is 8. The van der Waals surface area contributed by atoms with Crippen LogP contribution in [0, 0.1) is 0 Å². The Morgan fingerprint density at radius 1 is 0.370 bits per heavy atom. The van der Waals surface area contributed by atoms with Crippen LogP contribution in [0.25, 0.3) is 82.8 Å². The van der Waals surface area contributed by atoms with Gasteiger partial charge in [0.25, 0.3) is 0 Å². The second-order valence-electron chi connectivity index (χ2n) is 14.0. The predicted octanol–water partition coefficient (Wildman–Crippen LogP) is 13.8. The van der Waals surface area contributed by atoms with Crippen molar-refractivity contribution in [1.82, 2.24) is 9.55 Å². The molecular formula is C51H33N3. The van der Waals surface area contributed by atoms with Gasteiger partial charge in [-0.25, -0.2) is 0 Å². The van der Waals surface area contributed by atoms with Gasteiger partial charge in [0, 0.05) is 51.5 Å². The van der Waals surface area contributed by atoms with E-state index in [4.69, 9.17) is 0 Å². The Balaban J connectivity index is 1.27. The average molecular weight is 688 g/mol. The van der Waals surface area contributed by atoms with Gasteiger partial charge in [-0.1, -0.05) is 127 Å². The van der Waals surface area contributed by atoms with Crippen LogP contribution in [0.2, 0.25) is 0 Å². The van der Waals surface area contributed by atoms with Gasteiger partial charge in [-0.3, -0.25) is 4.98 Å². The Hall–Kier alpha value is -7.23. The molecule has 0 radical (unpaired) electrons. The zero-order valence-corrected chi connectivity index (χ0v) is 29.4. The van der Waals surface area contributed by atoms with Crippen LogP contribution < -0.4 is 4.90 Å². The van der Waals surface area contributed by atoms with Crippen molar-refractivity contribution in [2.75, 3.05) is 4.90 Å². The lowest BCUT2D eigenvalue weighted by molar-refractivity contribution is 1.17. The first-order valence-corrected chi connectivity index (χ1v) is 18.5. The second kappa shape index (κ2) is 12.2.